The summed E-state index contributed by atoms with van der Waals surface area (Å²) in [7, 11) is 0. The fraction of sp³-hybridized carbons (Fsp3) is 0.588. The van der Waals surface area contributed by atoms with Crippen LogP contribution in [-0.2, 0) is 16.1 Å². The molecule has 0 saturated carbocycles. The highest BCUT2D eigenvalue weighted by Gasteiger charge is 2.26. The summed E-state index contributed by atoms with van der Waals surface area (Å²) in [5.41, 5.74) is 6.94. The lowest BCUT2D eigenvalue weighted by molar-refractivity contribution is -0.124. The summed E-state index contributed by atoms with van der Waals surface area (Å²) in [6.07, 6.45) is 2.46. The van der Waals surface area contributed by atoms with Gasteiger partial charge in [0, 0.05) is 26.2 Å². The number of rotatable bonds is 4. The highest BCUT2D eigenvalue weighted by Crippen LogP contribution is 2.37. The van der Waals surface area contributed by atoms with Crippen LogP contribution in [0.4, 0.5) is 0 Å². The second-order valence-corrected chi connectivity index (χ2v) is 6.56. The lowest BCUT2D eigenvalue weighted by Gasteiger charge is -2.26. The average Bonchev–Trinajstić information content (AvgIpc) is 2.85. The number of hydrogen-bond donors (Lipinski definition) is 2. The topological polar surface area (TPSA) is 82.8 Å². The first-order chi connectivity index (χ1) is 11.6. The third-order valence-corrected chi connectivity index (χ3v) is 4.69. The van der Waals surface area contributed by atoms with Gasteiger partial charge in [-0.3, -0.25) is 4.79 Å². The van der Waals surface area contributed by atoms with E-state index in [9.17, 15) is 4.79 Å². The van der Waals surface area contributed by atoms with E-state index in [2.05, 4.69) is 5.32 Å². The number of hydrogen-bond acceptors (Lipinski definition) is 5. The Balaban J connectivity index is 1.60. The Labute approximate surface area is 146 Å². The lowest BCUT2D eigenvalue weighted by Crippen LogP contribution is -2.46. The van der Waals surface area contributed by atoms with Crippen molar-refractivity contribution in [1.29, 1.82) is 0 Å². The van der Waals surface area contributed by atoms with Crippen LogP contribution in [-0.4, -0.2) is 38.4 Å². The number of nitrogens with one attached hydrogen (secondary N) is 1. The summed E-state index contributed by atoms with van der Waals surface area (Å²) < 4.78 is 16.6. The molecule has 3 N–H and O–H groups in total. The van der Waals surface area contributed by atoms with Crippen LogP contribution < -0.4 is 20.5 Å². The number of carbonyl (C=O) groups excluding carboxylic acids is 1. The van der Waals surface area contributed by atoms with Gasteiger partial charge in [-0.25, -0.2) is 0 Å². The minimum atomic E-state index is -0.509. The van der Waals surface area contributed by atoms with Crippen molar-refractivity contribution in [3.8, 4) is 11.5 Å². The molecule has 0 bridgehead atoms. The number of halogens is 1. The lowest BCUT2D eigenvalue weighted by atomic mass is 9.92. The number of amides is 1. The van der Waals surface area contributed by atoms with Crippen LogP contribution in [0.1, 0.15) is 24.8 Å². The van der Waals surface area contributed by atoms with Gasteiger partial charge in [0.25, 0.3) is 0 Å². The highest BCUT2D eigenvalue weighted by atomic mass is 35.5. The van der Waals surface area contributed by atoms with E-state index >= 15 is 0 Å². The van der Waals surface area contributed by atoms with E-state index in [-0.39, 0.29) is 11.8 Å². The summed E-state index contributed by atoms with van der Waals surface area (Å²) in [6, 6.07) is 3.13. The van der Waals surface area contributed by atoms with Gasteiger partial charge < -0.3 is 25.3 Å². The van der Waals surface area contributed by atoms with Gasteiger partial charge in [-0.05, 0) is 36.5 Å². The van der Waals surface area contributed by atoms with Gasteiger partial charge in [-0.1, -0.05) is 11.6 Å². The molecule has 0 aliphatic carbocycles. The SMILES string of the molecule is NC(C(=O)NCc1cc(Cl)c2c(c1)OCCCO2)C1CCOCC1. The summed E-state index contributed by atoms with van der Waals surface area (Å²) >= 11 is 6.26. The Hall–Kier alpha value is -1.50. The minimum absolute atomic E-state index is 0.148. The van der Waals surface area contributed by atoms with Crippen molar-refractivity contribution in [1.82, 2.24) is 5.32 Å². The van der Waals surface area contributed by atoms with Crippen LogP contribution in [0.25, 0.3) is 0 Å². The molecule has 24 heavy (non-hydrogen) atoms. The molecule has 2 aliphatic heterocycles. The van der Waals surface area contributed by atoms with Crippen LogP contribution in [0, 0.1) is 5.92 Å². The number of nitrogens with two attached hydrogens (primary N) is 1. The Bertz CT molecular complexity index is 590. The molecular weight excluding hydrogens is 332 g/mol. The number of ether oxygens (including phenoxy) is 3. The number of benzene rings is 1. The molecule has 0 aromatic heterocycles. The van der Waals surface area contributed by atoms with Crippen LogP contribution in [0.3, 0.4) is 0 Å². The molecule has 1 unspecified atom stereocenters. The molecule has 132 valence electrons. The summed E-state index contributed by atoms with van der Waals surface area (Å²) in [6.45, 7) is 2.87. The van der Waals surface area contributed by atoms with Gasteiger partial charge in [0.1, 0.15) is 0 Å². The van der Waals surface area contributed by atoms with Gasteiger partial charge in [0.05, 0.1) is 24.3 Å². The van der Waals surface area contributed by atoms with Crippen LogP contribution in [0.5, 0.6) is 11.5 Å². The van der Waals surface area contributed by atoms with Gasteiger partial charge in [-0.15, -0.1) is 0 Å². The molecule has 3 rings (SSSR count). The van der Waals surface area contributed by atoms with Crippen molar-refractivity contribution in [3.05, 3.63) is 22.7 Å². The smallest absolute Gasteiger partial charge is 0.237 e. The average molecular weight is 355 g/mol. The van der Waals surface area contributed by atoms with E-state index in [1.54, 1.807) is 6.07 Å². The molecule has 1 amide bonds. The van der Waals surface area contributed by atoms with E-state index in [1.165, 1.54) is 0 Å². The second-order valence-electron chi connectivity index (χ2n) is 6.15. The Kier molecular flexibility index (Phi) is 5.81. The largest absolute Gasteiger partial charge is 0.489 e. The normalized spacial score (nSPS) is 19.4. The Morgan fingerprint density at radius 3 is 2.79 bits per heavy atom. The minimum Gasteiger partial charge on any atom is -0.489 e. The predicted molar refractivity (Wildman–Crippen MR) is 90.4 cm³/mol. The number of fused-ring (bicyclic) bond motifs is 1. The maximum absolute atomic E-state index is 12.3. The first-order valence-electron chi connectivity index (χ1n) is 8.34. The van der Waals surface area contributed by atoms with Crippen LogP contribution >= 0.6 is 11.6 Å². The Morgan fingerprint density at radius 1 is 1.25 bits per heavy atom. The summed E-state index contributed by atoms with van der Waals surface area (Å²) in [5, 5.41) is 3.38. The first-order valence-corrected chi connectivity index (χ1v) is 8.72. The van der Waals surface area contributed by atoms with E-state index < -0.39 is 6.04 Å². The van der Waals surface area contributed by atoms with E-state index in [0.717, 1.165) is 24.8 Å². The van der Waals surface area contributed by atoms with E-state index in [0.29, 0.717) is 49.5 Å². The molecule has 1 fully saturated rings. The molecule has 2 aliphatic rings. The third-order valence-electron chi connectivity index (χ3n) is 4.41. The van der Waals surface area contributed by atoms with Gasteiger partial charge >= 0.3 is 0 Å². The monoisotopic (exact) mass is 354 g/mol. The quantitative estimate of drug-likeness (QED) is 0.862. The maximum atomic E-state index is 12.3. The van der Waals surface area contributed by atoms with Crippen LogP contribution in [0.15, 0.2) is 12.1 Å². The van der Waals surface area contributed by atoms with E-state index in [4.69, 9.17) is 31.5 Å². The van der Waals surface area contributed by atoms with Gasteiger partial charge in [0.2, 0.25) is 5.91 Å². The molecule has 0 radical (unpaired) electrons. The molecule has 1 aromatic rings. The summed E-state index contributed by atoms with van der Waals surface area (Å²) in [4.78, 5) is 12.3. The molecule has 1 aromatic carbocycles. The first kappa shape index (κ1) is 17.3. The van der Waals surface area contributed by atoms with Crippen molar-refractivity contribution >= 4 is 17.5 Å². The zero-order valence-electron chi connectivity index (χ0n) is 13.6. The predicted octanol–water partition coefficient (Wildman–Crippen LogP) is 1.87. The maximum Gasteiger partial charge on any atom is 0.237 e. The molecule has 1 saturated heterocycles. The standard InChI is InChI=1S/C17H23ClN2O4/c18-13-8-11(9-14-16(13)24-5-1-4-23-14)10-20-17(21)15(19)12-2-6-22-7-3-12/h8-9,12,15H,1-7,10,19H2,(H,20,21). The highest BCUT2D eigenvalue weighted by molar-refractivity contribution is 6.32. The Morgan fingerprint density at radius 2 is 2.00 bits per heavy atom. The molecule has 1 atom stereocenters. The van der Waals surface area contributed by atoms with Crippen molar-refractivity contribution in [2.75, 3.05) is 26.4 Å². The van der Waals surface area contributed by atoms with Crippen molar-refractivity contribution < 1.29 is 19.0 Å². The second kappa shape index (κ2) is 8.05. The van der Waals surface area contributed by atoms with Gasteiger partial charge in [0.15, 0.2) is 11.5 Å². The summed E-state index contributed by atoms with van der Waals surface area (Å²) in [5.74, 6) is 1.22. The molecule has 6 nitrogen and oxygen atoms in total. The fourth-order valence-corrected chi connectivity index (χ4v) is 3.27. The zero-order chi connectivity index (χ0) is 16.9. The van der Waals surface area contributed by atoms with Crippen molar-refractivity contribution in [2.24, 2.45) is 11.7 Å². The number of carbonyl (C=O) groups is 1. The van der Waals surface area contributed by atoms with Crippen molar-refractivity contribution in [3.63, 3.8) is 0 Å². The third kappa shape index (κ3) is 4.12. The van der Waals surface area contributed by atoms with Gasteiger partial charge in [-0.2, -0.15) is 0 Å². The zero-order valence-corrected chi connectivity index (χ0v) is 14.3. The molecular formula is C17H23ClN2O4. The van der Waals surface area contributed by atoms with E-state index in [1.807, 2.05) is 6.07 Å². The fourth-order valence-electron chi connectivity index (χ4n) is 2.98. The van der Waals surface area contributed by atoms with Crippen molar-refractivity contribution in [2.45, 2.75) is 31.8 Å². The molecule has 7 heteroatoms. The molecule has 0 spiro atoms. The molecule has 2 heterocycles. The van der Waals surface area contributed by atoms with Crippen LogP contribution in [0.2, 0.25) is 5.02 Å².